The number of carbonyl (C=O) groups is 1. The minimum Gasteiger partial charge on any atom is -0.496 e. The van der Waals surface area contributed by atoms with Crippen molar-refractivity contribution in [1.29, 1.82) is 0 Å². The number of hydrogen-bond acceptors (Lipinski definition) is 4. The molecule has 0 saturated carbocycles. The molecule has 0 amide bonds. The summed E-state index contributed by atoms with van der Waals surface area (Å²) in [7, 11) is 1.47. The minimum absolute atomic E-state index is 0.212. The van der Waals surface area contributed by atoms with Crippen molar-refractivity contribution in [2.75, 3.05) is 13.7 Å². The lowest BCUT2D eigenvalue weighted by atomic mass is 10.0. The Labute approximate surface area is 111 Å². The topological polar surface area (TPSA) is 55.8 Å². The van der Waals surface area contributed by atoms with Crippen LogP contribution in [0.15, 0.2) is 6.07 Å². The van der Waals surface area contributed by atoms with Gasteiger partial charge in [0.1, 0.15) is 5.75 Å². The van der Waals surface area contributed by atoms with E-state index in [1.54, 1.807) is 26.8 Å². The standard InChI is InChI=1S/C13H17ClO4/c1-5-18-13(16)11(15)9-6-7(2)10(14)8(3)12(9)17-4/h6,11,15H,5H2,1-4H3. The molecule has 1 N–H and O–H groups in total. The molecule has 1 unspecified atom stereocenters. The van der Waals surface area contributed by atoms with Gasteiger partial charge in [0.25, 0.3) is 0 Å². The number of esters is 1. The highest BCUT2D eigenvalue weighted by Crippen LogP contribution is 2.36. The summed E-state index contributed by atoms with van der Waals surface area (Å²) in [5.74, 6) is -0.289. The summed E-state index contributed by atoms with van der Waals surface area (Å²) in [5.41, 5.74) is 1.83. The molecule has 1 aromatic carbocycles. The molecule has 0 saturated heterocycles. The Morgan fingerprint density at radius 1 is 1.50 bits per heavy atom. The molecule has 18 heavy (non-hydrogen) atoms. The summed E-state index contributed by atoms with van der Waals surface area (Å²) >= 11 is 6.10. The molecule has 1 aromatic rings. The number of hydrogen-bond donors (Lipinski definition) is 1. The van der Waals surface area contributed by atoms with Crippen LogP contribution >= 0.6 is 11.6 Å². The van der Waals surface area contributed by atoms with Crippen molar-refractivity contribution in [3.63, 3.8) is 0 Å². The second-order valence-corrected chi connectivity index (χ2v) is 4.29. The van der Waals surface area contributed by atoms with Gasteiger partial charge in [0.05, 0.1) is 18.7 Å². The number of rotatable bonds is 4. The number of methoxy groups -OCH3 is 1. The Morgan fingerprint density at radius 3 is 2.61 bits per heavy atom. The molecule has 0 aliphatic rings. The number of aliphatic hydroxyl groups excluding tert-OH is 1. The van der Waals surface area contributed by atoms with Crippen molar-refractivity contribution < 1.29 is 19.4 Å². The summed E-state index contributed by atoms with van der Waals surface area (Å²) in [6, 6.07) is 1.63. The van der Waals surface area contributed by atoms with Gasteiger partial charge >= 0.3 is 5.97 Å². The van der Waals surface area contributed by atoms with Crippen LogP contribution in [0, 0.1) is 13.8 Å². The average molecular weight is 273 g/mol. The Bertz CT molecular complexity index is 457. The molecular weight excluding hydrogens is 256 g/mol. The van der Waals surface area contributed by atoms with Crippen molar-refractivity contribution in [2.45, 2.75) is 26.9 Å². The normalized spacial score (nSPS) is 12.1. The number of carbonyl (C=O) groups excluding carboxylic acids is 1. The van der Waals surface area contributed by atoms with Gasteiger partial charge in [-0.05, 0) is 32.4 Å². The first kappa shape index (κ1) is 14.8. The van der Waals surface area contributed by atoms with Gasteiger partial charge in [-0.1, -0.05) is 11.6 Å². The van der Waals surface area contributed by atoms with Crippen LogP contribution in [0.3, 0.4) is 0 Å². The van der Waals surface area contributed by atoms with E-state index in [1.807, 2.05) is 0 Å². The lowest BCUT2D eigenvalue weighted by molar-refractivity contribution is -0.153. The van der Waals surface area contributed by atoms with Crippen LogP contribution in [0.2, 0.25) is 5.02 Å². The number of aryl methyl sites for hydroxylation is 1. The molecule has 1 rings (SSSR count). The number of halogens is 1. The predicted octanol–water partition coefficient (Wildman–Crippen LogP) is 2.56. The van der Waals surface area contributed by atoms with E-state index in [0.717, 1.165) is 5.56 Å². The summed E-state index contributed by atoms with van der Waals surface area (Å²) in [6.07, 6.45) is -1.37. The maximum absolute atomic E-state index is 11.6. The molecule has 0 fully saturated rings. The first-order valence-corrected chi connectivity index (χ1v) is 6.00. The average Bonchev–Trinajstić information content (AvgIpc) is 2.35. The van der Waals surface area contributed by atoms with Crippen LogP contribution in [-0.4, -0.2) is 24.8 Å². The zero-order chi connectivity index (χ0) is 13.9. The maximum Gasteiger partial charge on any atom is 0.339 e. The van der Waals surface area contributed by atoms with Crippen molar-refractivity contribution in [3.8, 4) is 5.75 Å². The second kappa shape index (κ2) is 6.07. The molecule has 0 aliphatic carbocycles. The quantitative estimate of drug-likeness (QED) is 0.856. The van der Waals surface area contributed by atoms with Crippen molar-refractivity contribution in [2.24, 2.45) is 0 Å². The highest BCUT2D eigenvalue weighted by Gasteiger charge is 2.25. The molecular formula is C13H17ClO4. The molecule has 4 nitrogen and oxygen atoms in total. The van der Waals surface area contributed by atoms with Crippen LogP contribution in [0.5, 0.6) is 5.75 Å². The molecule has 0 aromatic heterocycles. The lowest BCUT2D eigenvalue weighted by Gasteiger charge is -2.18. The van der Waals surface area contributed by atoms with E-state index in [9.17, 15) is 9.90 Å². The SMILES string of the molecule is CCOC(=O)C(O)c1cc(C)c(Cl)c(C)c1OC. The zero-order valence-corrected chi connectivity index (χ0v) is 11.7. The van der Waals surface area contributed by atoms with Gasteiger partial charge in [-0.25, -0.2) is 4.79 Å². The van der Waals surface area contributed by atoms with Crippen LogP contribution in [0.1, 0.15) is 29.7 Å². The predicted molar refractivity (Wildman–Crippen MR) is 69.1 cm³/mol. The van der Waals surface area contributed by atoms with Crippen molar-refractivity contribution in [1.82, 2.24) is 0 Å². The Kier molecular flexibility index (Phi) is 4.99. The molecule has 100 valence electrons. The fraction of sp³-hybridized carbons (Fsp3) is 0.462. The van der Waals surface area contributed by atoms with Crippen LogP contribution < -0.4 is 4.74 Å². The van der Waals surface area contributed by atoms with Gasteiger partial charge in [-0.15, -0.1) is 0 Å². The first-order chi connectivity index (χ1) is 8.43. The van der Waals surface area contributed by atoms with Crippen molar-refractivity contribution >= 4 is 17.6 Å². The van der Waals surface area contributed by atoms with Gasteiger partial charge in [-0.3, -0.25) is 0 Å². The molecule has 0 radical (unpaired) electrons. The van der Waals surface area contributed by atoms with Gasteiger partial charge < -0.3 is 14.6 Å². The van der Waals surface area contributed by atoms with E-state index in [0.29, 0.717) is 21.9 Å². The monoisotopic (exact) mass is 272 g/mol. The molecule has 1 atom stereocenters. The van der Waals surface area contributed by atoms with E-state index in [-0.39, 0.29) is 6.61 Å². The number of benzene rings is 1. The van der Waals surface area contributed by atoms with E-state index in [1.165, 1.54) is 7.11 Å². The lowest BCUT2D eigenvalue weighted by Crippen LogP contribution is -2.16. The smallest absolute Gasteiger partial charge is 0.339 e. The van der Waals surface area contributed by atoms with Crippen LogP contribution in [0.25, 0.3) is 0 Å². The number of aliphatic hydroxyl groups is 1. The highest BCUT2D eigenvalue weighted by atomic mass is 35.5. The second-order valence-electron chi connectivity index (χ2n) is 3.91. The molecule has 0 aliphatic heterocycles. The Balaban J connectivity index is 3.27. The Morgan fingerprint density at radius 2 is 2.11 bits per heavy atom. The molecule has 5 heteroatoms. The van der Waals surface area contributed by atoms with E-state index >= 15 is 0 Å². The van der Waals surface area contributed by atoms with Gasteiger partial charge in [0.2, 0.25) is 0 Å². The Hall–Kier alpha value is -1.26. The fourth-order valence-corrected chi connectivity index (χ4v) is 1.94. The third-order valence-electron chi connectivity index (χ3n) is 2.66. The summed E-state index contributed by atoms with van der Waals surface area (Å²) in [5, 5.41) is 10.5. The first-order valence-electron chi connectivity index (χ1n) is 5.62. The summed E-state index contributed by atoms with van der Waals surface area (Å²) in [4.78, 5) is 11.6. The van der Waals surface area contributed by atoms with Gasteiger partial charge in [0, 0.05) is 11.1 Å². The summed E-state index contributed by atoms with van der Waals surface area (Å²) in [6.45, 7) is 5.47. The van der Waals surface area contributed by atoms with E-state index in [4.69, 9.17) is 21.1 Å². The van der Waals surface area contributed by atoms with Crippen molar-refractivity contribution in [3.05, 3.63) is 27.8 Å². The fourth-order valence-electron chi connectivity index (χ4n) is 1.80. The van der Waals surface area contributed by atoms with E-state index < -0.39 is 12.1 Å². The molecule has 0 heterocycles. The third kappa shape index (κ3) is 2.76. The zero-order valence-electron chi connectivity index (χ0n) is 10.9. The minimum atomic E-state index is -1.37. The van der Waals surface area contributed by atoms with Crippen LogP contribution in [-0.2, 0) is 9.53 Å². The van der Waals surface area contributed by atoms with E-state index in [2.05, 4.69) is 0 Å². The van der Waals surface area contributed by atoms with Gasteiger partial charge in [0.15, 0.2) is 6.10 Å². The number of ether oxygens (including phenoxy) is 2. The third-order valence-corrected chi connectivity index (χ3v) is 3.24. The summed E-state index contributed by atoms with van der Waals surface area (Å²) < 4.78 is 10.00. The molecule has 0 bridgehead atoms. The molecule has 0 spiro atoms. The highest BCUT2D eigenvalue weighted by molar-refractivity contribution is 6.32. The van der Waals surface area contributed by atoms with Gasteiger partial charge in [-0.2, -0.15) is 0 Å². The van der Waals surface area contributed by atoms with Crippen LogP contribution in [0.4, 0.5) is 0 Å². The maximum atomic E-state index is 11.6. The largest absolute Gasteiger partial charge is 0.496 e.